The zero-order valence-corrected chi connectivity index (χ0v) is 15.4. The third-order valence-corrected chi connectivity index (χ3v) is 4.72. The van der Waals surface area contributed by atoms with Gasteiger partial charge in [-0.15, -0.1) is 0 Å². The molecule has 0 heterocycles. The van der Waals surface area contributed by atoms with Crippen molar-refractivity contribution in [3.8, 4) is 0 Å². The largest absolute Gasteiger partial charge is 0.352 e. The van der Waals surface area contributed by atoms with Crippen molar-refractivity contribution in [2.45, 2.75) is 70.9 Å². The van der Waals surface area contributed by atoms with E-state index in [1.165, 1.54) is 32.1 Å². The van der Waals surface area contributed by atoms with E-state index < -0.39 is 6.04 Å². The van der Waals surface area contributed by atoms with Crippen molar-refractivity contribution in [3.05, 3.63) is 30.3 Å². The van der Waals surface area contributed by atoms with E-state index in [4.69, 9.17) is 0 Å². The van der Waals surface area contributed by atoms with Crippen LogP contribution in [0.4, 0.5) is 10.5 Å². The molecule has 3 N–H and O–H groups in total. The Hall–Kier alpha value is -2.04. The van der Waals surface area contributed by atoms with Crippen molar-refractivity contribution in [1.29, 1.82) is 0 Å². The van der Waals surface area contributed by atoms with Crippen LogP contribution in [0.2, 0.25) is 0 Å². The summed E-state index contributed by atoms with van der Waals surface area (Å²) in [4.78, 5) is 24.9. The molecule has 2 rings (SSSR count). The minimum Gasteiger partial charge on any atom is -0.352 e. The van der Waals surface area contributed by atoms with Crippen LogP contribution in [0.5, 0.6) is 0 Å². The highest BCUT2D eigenvalue weighted by Crippen LogP contribution is 2.17. The molecular formula is C20H31N3O2. The summed E-state index contributed by atoms with van der Waals surface area (Å²) in [6.07, 6.45) is 8.20. The number of benzene rings is 1. The number of carbonyl (C=O) groups excluding carboxylic acids is 2. The molecule has 1 unspecified atom stereocenters. The second-order valence-electron chi connectivity index (χ2n) is 7.24. The van der Waals surface area contributed by atoms with Gasteiger partial charge in [0.25, 0.3) is 0 Å². The van der Waals surface area contributed by atoms with Crippen LogP contribution in [-0.4, -0.2) is 24.0 Å². The van der Waals surface area contributed by atoms with E-state index in [0.29, 0.717) is 5.69 Å². The molecule has 3 amide bonds. The Morgan fingerprint density at radius 2 is 1.56 bits per heavy atom. The molecule has 1 atom stereocenters. The molecule has 25 heavy (non-hydrogen) atoms. The van der Waals surface area contributed by atoms with Crippen LogP contribution in [0.15, 0.2) is 30.3 Å². The van der Waals surface area contributed by atoms with E-state index in [1.807, 2.05) is 44.2 Å². The third kappa shape index (κ3) is 6.77. The lowest BCUT2D eigenvalue weighted by Gasteiger charge is -2.26. The standard InChI is InChI=1S/C20H31N3O2/c1-15(2)18(23-20(25)22-17-13-9-6-10-14-17)19(24)21-16-11-7-4-3-5-8-12-16/h6,9-10,13-16,18H,3-5,7-8,11-12H2,1-2H3,(H,21,24)(H2,22,23,25). The number of urea groups is 1. The Balaban J connectivity index is 1.89. The number of anilines is 1. The topological polar surface area (TPSA) is 70.2 Å². The third-order valence-electron chi connectivity index (χ3n) is 4.72. The zero-order chi connectivity index (χ0) is 18.1. The molecule has 1 saturated carbocycles. The predicted molar refractivity (Wildman–Crippen MR) is 101 cm³/mol. The molecule has 1 aliphatic carbocycles. The van der Waals surface area contributed by atoms with Gasteiger partial charge in [-0.05, 0) is 30.9 Å². The van der Waals surface area contributed by atoms with Gasteiger partial charge in [-0.1, -0.05) is 64.2 Å². The zero-order valence-electron chi connectivity index (χ0n) is 15.4. The van der Waals surface area contributed by atoms with Crippen LogP contribution in [0.25, 0.3) is 0 Å². The van der Waals surface area contributed by atoms with Crippen molar-refractivity contribution in [2.24, 2.45) is 5.92 Å². The summed E-state index contributed by atoms with van der Waals surface area (Å²) in [5.74, 6) is -0.0566. The number of amides is 3. The number of para-hydroxylation sites is 1. The van der Waals surface area contributed by atoms with Gasteiger partial charge in [0.1, 0.15) is 6.04 Å². The van der Waals surface area contributed by atoms with Gasteiger partial charge in [0.05, 0.1) is 0 Å². The van der Waals surface area contributed by atoms with Crippen molar-refractivity contribution in [1.82, 2.24) is 10.6 Å². The molecule has 5 nitrogen and oxygen atoms in total. The number of rotatable bonds is 5. The van der Waals surface area contributed by atoms with E-state index in [1.54, 1.807) is 0 Å². The molecule has 5 heteroatoms. The fourth-order valence-corrected chi connectivity index (χ4v) is 3.26. The average Bonchev–Trinajstić information content (AvgIpc) is 2.55. The average molecular weight is 345 g/mol. The molecular weight excluding hydrogens is 314 g/mol. The summed E-state index contributed by atoms with van der Waals surface area (Å²) in [5, 5.41) is 8.75. The first-order chi connectivity index (χ1) is 12.1. The van der Waals surface area contributed by atoms with Crippen molar-refractivity contribution in [3.63, 3.8) is 0 Å². The van der Waals surface area contributed by atoms with Crippen molar-refractivity contribution in [2.75, 3.05) is 5.32 Å². The summed E-state index contributed by atoms with van der Waals surface area (Å²) < 4.78 is 0. The first kappa shape index (κ1) is 19.3. The Labute approximate surface area is 151 Å². The van der Waals surface area contributed by atoms with E-state index >= 15 is 0 Å². The molecule has 0 saturated heterocycles. The molecule has 0 bridgehead atoms. The normalized spacial score (nSPS) is 17.2. The first-order valence-electron chi connectivity index (χ1n) is 9.49. The van der Waals surface area contributed by atoms with Gasteiger partial charge in [0, 0.05) is 11.7 Å². The molecule has 1 aromatic carbocycles. The van der Waals surface area contributed by atoms with Gasteiger partial charge in [-0.3, -0.25) is 4.79 Å². The summed E-state index contributed by atoms with van der Waals surface area (Å²) >= 11 is 0. The van der Waals surface area contributed by atoms with Gasteiger partial charge in [-0.2, -0.15) is 0 Å². The van der Waals surface area contributed by atoms with Crippen molar-refractivity contribution >= 4 is 17.6 Å². The Bertz CT molecular complexity index is 537. The smallest absolute Gasteiger partial charge is 0.319 e. The SMILES string of the molecule is CC(C)C(NC(=O)Nc1ccccc1)C(=O)NC1CCCCCCC1. The van der Waals surface area contributed by atoms with Crippen LogP contribution in [-0.2, 0) is 4.79 Å². The lowest BCUT2D eigenvalue weighted by atomic mass is 9.95. The summed E-state index contributed by atoms with van der Waals surface area (Å²) in [6.45, 7) is 3.90. The maximum absolute atomic E-state index is 12.7. The van der Waals surface area contributed by atoms with Crippen LogP contribution in [0.1, 0.15) is 58.8 Å². The number of nitrogens with one attached hydrogen (secondary N) is 3. The van der Waals surface area contributed by atoms with Crippen LogP contribution in [0.3, 0.4) is 0 Å². The fraction of sp³-hybridized carbons (Fsp3) is 0.600. The molecule has 0 radical (unpaired) electrons. The summed E-state index contributed by atoms with van der Waals surface area (Å²) in [7, 11) is 0. The highest BCUT2D eigenvalue weighted by Gasteiger charge is 2.26. The summed E-state index contributed by atoms with van der Waals surface area (Å²) in [6, 6.07) is 8.59. The monoisotopic (exact) mass is 345 g/mol. The maximum atomic E-state index is 12.7. The van der Waals surface area contributed by atoms with E-state index in [2.05, 4.69) is 16.0 Å². The molecule has 0 spiro atoms. The Morgan fingerprint density at radius 3 is 2.16 bits per heavy atom. The second-order valence-corrected chi connectivity index (χ2v) is 7.24. The van der Waals surface area contributed by atoms with Gasteiger partial charge in [0.15, 0.2) is 0 Å². The molecule has 1 fully saturated rings. The van der Waals surface area contributed by atoms with Gasteiger partial charge in [-0.25, -0.2) is 4.79 Å². The number of carbonyl (C=O) groups is 2. The van der Waals surface area contributed by atoms with Gasteiger partial charge < -0.3 is 16.0 Å². The van der Waals surface area contributed by atoms with E-state index in [9.17, 15) is 9.59 Å². The van der Waals surface area contributed by atoms with Crippen LogP contribution in [0, 0.1) is 5.92 Å². The van der Waals surface area contributed by atoms with Gasteiger partial charge >= 0.3 is 6.03 Å². The highest BCUT2D eigenvalue weighted by atomic mass is 16.2. The quantitative estimate of drug-likeness (QED) is 0.753. The van der Waals surface area contributed by atoms with Crippen LogP contribution < -0.4 is 16.0 Å². The number of hydrogen-bond donors (Lipinski definition) is 3. The first-order valence-corrected chi connectivity index (χ1v) is 9.49. The predicted octanol–water partition coefficient (Wildman–Crippen LogP) is 4.06. The lowest BCUT2D eigenvalue weighted by molar-refractivity contribution is -0.124. The second kappa shape index (κ2) is 10.1. The van der Waals surface area contributed by atoms with Crippen LogP contribution >= 0.6 is 0 Å². The Morgan fingerprint density at radius 1 is 0.960 bits per heavy atom. The minimum absolute atomic E-state index is 0.0232. The minimum atomic E-state index is -0.533. The van der Waals surface area contributed by atoms with E-state index in [0.717, 1.165) is 12.8 Å². The highest BCUT2D eigenvalue weighted by molar-refractivity contribution is 5.93. The lowest BCUT2D eigenvalue weighted by Crippen LogP contribution is -2.53. The Kier molecular flexibility index (Phi) is 7.76. The summed E-state index contributed by atoms with van der Waals surface area (Å²) in [5.41, 5.74) is 0.711. The molecule has 1 aromatic rings. The molecule has 0 aliphatic heterocycles. The number of hydrogen-bond acceptors (Lipinski definition) is 2. The molecule has 0 aromatic heterocycles. The van der Waals surface area contributed by atoms with Gasteiger partial charge in [0.2, 0.25) is 5.91 Å². The molecule has 1 aliphatic rings. The fourth-order valence-electron chi connectivity index (χ4n) is 3.26. The van der Waals surface area contributed by atoms with Crippen molar-refractivity contribution < 1.29 is 9.59 Å². The maximum Gasteiger partial charge on any atom is 0.319 e. The molecule has 138 valence electrons. The van der Waals surface area contributed by atoms with E-state index in [-0.39, 0.29) is 23.9 Å².